The van der Waals surface area contributed by atoms with Gasteiger partial charge < -0.3 is 9.84 Å². The van der Waals surface area contributed by atoms with Crippen molar-refractivity contribution >= 4 is 0 Å². The molecule has 9 atom stereocenters. The van der Waals surface area contributed by atoms with Crippen LogP contribution in [0.1, 0.15) is 85.5 Å². The van der Waals surface area contributed by atoms with E-state index in [1.807, 2.05) is 0 Å². The fourth-order valence-electron chi connectivity index (χ4n) is 7.95. The maximum absolute atomic E-state index is 10.6. The first-order valence-corrected chi connectivity index (χ1v) is 11.2. The smallest absolute Gasteiger partial charge is 0.0839 e. The van der Waals surface area contributed by atoms with Crippen LogP contribution >= 0.6 is 0 Å². The van der Waals surface area contributed by atoms with E-state index in [0.29, 0.717) is 16.7 Å². The van der Waals surface area contributed by atoms with Crippen molar-refractivity contribution in [2.24, 2.45) is 40.4 Å². The van der Waals surface area contributed by atoms with Crippen LogP contribution in [0.5, 0.6) is 0 Å². The molecule has 4 fully saturated rings. The molecule has 0 aromatic rings. The molecule has 2 nitrogen and oxygen atoms in total. The second-order valence-corrected chi connectivity index (χ2v) is 10.6. The minimum atomic E-state index is -0.235. The Kier molecular flexibility index (Phi) is 4.77. The molecular formula is C23H40O2. The van der Waals surface area contributed by atoms with Crippen LogP contribution in [0.4, 0.5) is 0 Å². The number of aliphatic hydroxyl groups is 1. The lowest BCUT2D eigenvalue weighted by Gasteiger charge is -2.61. The third kappa shape index (κ3) is 2.73. The van der Waals surface area contributed by atoms with Crippen molar-refractivity contribution in [3.05, 3.63) is 0 Å². The predicted octanol–water partition coefficient (Wildman–Crippen LogP) is 5.43. The predicted molar refractivity (Wildman–Crippen MR) is 102 cm³/mol. The van der Waals surface area contributed by atoms with Crippen LogP contribution < -0.4 is 0 Å². The van der Waals surface area contributed by atoms with E-state index in [1.165, 1.54) is 38.5 Å². The van der Waals surface area contributed by atoms with Crippen LogP contribution in [0, 0.1) is 40.4 Å². The highest BCUT2D eigenvalue weighted by atomic mass is 16.5. The third-order valence-corrected chi connectivity index (χ3v) is 9.67. The minimum Gasteiger partial charge on any atom is -0.390 e. The summed E-state index contributed by atoms with van der Waals surface area (Å²) in [5, 5.41) is 10.6. The van der Waals surface area contributed by atoms with Gasteiger partial charge in [-0.25, -0.2) is 0 Å². The summed E-state index contributed by atoms with van der Waals surface area (Å²) in [7, 11) is 0. The second kappa shape index (κ2) is 6.51. The van der Waals surface area contributed by atoms with Gasteiger partial charge in [0.2, 0.25) is 0 Å². The molecule has 1 N–H and O–H groups in total. The highest BCUT2D eigenvalue weighted by Crippen LogP contribution is 2.67. The lowest BCUT2D eigenvalue weighted by Crippen LogP contribution is -2.57. The monoisotopic (exact) mass is 348 g/mol. The zero-order chi connectivity index (χ0) is 17.8. The Morgan fingerprint density at radius 3 is 2.52 bits per heavy atom. The molecule has 0 saturated heterocycles. The minimum absolute atomic E-state index is 0.0794. The fraction of sp³-hybridized carbons (Fsp3) is 1.00. The van der Waals surface area contributed by atoms with Crippen LogP contribution in [0.15, 0.2) is 0 Å². The zero-order valence-electron chi connectivity index (χ0n) is 17.0. The molecule has 0 bridgehead atoms. The topological polar surface area (TPSA) is 29.5 Å². The summed E-state index contributed by atoms with van der Waals surface area (Å²) < 4.78 is 6.11. The highest BCUT2D eigenvalue weighted by Gasteiger charge is 2.60. The summed E-state index contributed by atoms with van der Waals surface area (Å²) in [6.07, 6.45) is 11.5. The Labute approximate surface area is 155 Å². The summed E-state index contributed by atoms with van der Waals surface area (Å²) in [5.74, 6) is 4.40. The Balaban J connectivity index is 1.57. The van der Waals surface area contributed by atoms with Crippen molar-refractivity contribution < 1.29 is 9.84 Å². The summed E-state index contributed by atoms with van der Waals surface area (Å²) in [5.41, 5.74) is 1.00. The fourth-order valence-corrected chi connectivity index (χ4v) is 7.95. The number of fused-ring (bicyclic) bond motifs is 5. The summed E-state index contributed by atoms with van der Waals surface area (Å²) in [4.78, 5) is 0. The van der Waals surface area contributed by atoms with Crippen LogP contribution in [-0.2, 0) is 4.74 Å². The van der Waals surface area contributed by atoms with Crippen molar-refractivity contribution in [2.75, 3.05) is 6.61 Å². The standard InChI is InChI=1S/C23H40O2/c1-5-12-25-21-14-23(4)16(13-20(21)24)7-8-17-18-9-6-15(2)22(18,3)11-10-19(17)23/h15-21,24H,5-14H2,1-4H3/t15-,16-,17-,18-,19-,20-,21-,22+,23-/m0/s1. The van der Waals surface area contributed by atoms with Gasteiger partial charge in [-0.2, -0.15) is 0 Å². The molecular weight excluding hydrogens is 308 g/mol. The van der Waals surface area contributed by atoms with E-state index in [2.05, 4.69) is 27.7 Å². The molecule has 0 heterocycles. The molecule has 4 rings (SSSR count). The zero-order valence-corrected chi connectivity index (χ0v) is 17.0. The molecule has 0 aliphatic heterocycles. The molecule has 4 aliphatic rings. The van der Waals surface area contributed by atoms with E-state index in [0.717, 1.165) is 49.5 Å². The first-order chi connectivity index (χ1) is 11.9. The summed E-state index contributed by atoms with van der Waals surface area (Å²) in [6, 6.07) is 0. The lowest BCUT2D eigenvalue weighted by molar-refractivity contribution is -0.171. The number of hydrogen-bond donors (Lipinski definition) is 1. The first-order valence-electron chi connectivity index (χ1n) is 11.2. The van der Waals surface area contributed by atoms with Gasteiger partial charge in [-0.15, -0.1) is 0 Å². The first kappa shape index (κ1) is 18.3. The largest absolute Gasteiger partial charge is 0.390 e. The molecule has 0 aromatic heterocycles. The average molecular weight is 349 g/mol. The van der Waals surface area contributed by atoms with Gasteiger partial charge in [-0.3, -0.25) is 0 Å². The molecule has 0 spiro atoms. The van der Waals surface area contributed by atoms with Crippen molar-refractivity contribution in [3.63, 3.8) is 0 Å². The summed E-state index contributed by atoms with van der Waals surface area (Å²) in [6.45, 7) is 10.7. The van der Waals surface area contributed by atoms with Gasteiger partial charge in [0, 0.05) is 6.61 Å². The lowest BCUT2D eigenvalue weighted by atomic mass is 9.44. The Morgan fingerprint density at radius 1 is 1.00 bits per heavy atom. The van der Waals surface area contributed by atoms with Gasteiger partial charge in [-0.05, 0) is 98.2 Å². The van der Waals surface area contributed by atoms with Crippen LogP contribution in [0.3, 0.4) is 0 Å². The molecule has 25 heavy (non-hydrogen) atoms. The molecule has 0 unspecified atom stereocenters. The normalized spacial score (nSPS) is 55.3. The van der Waals surface area contributed by atoms with Crippen LogP contribution in [-0.4, -0.2) is 23.9 Å². The van der Waals surface area contributed by atoms with Crippen LogP contribution in [0.25, 0.3) is 0 Å². The van der Waals surface area contributed by atoms with Crippen LogP contribution in [0.2, 0.25) is 0 Å². The summed E-state index contributed by atoms with van der Waals surface area (Å²) >= 11 is 0. The number of rotatable bonds is 3. The van der Waals surface area contributed by atoms with Crippen molar-refractivity contribution in [1.82, 2.24) is 0 Å². The average Bonchev–Trinajstić information content (AvgIpc) is 2.89. The number of aliphatic hydroxyl groups excluding tert-OH is 1. The molecule has 144 valence electrons. The van der Waals surface area contributed by atoms with Crippen molar-refractivity contribution in [1.29, 1.82) is 0 Å². The van der Waals surface area contributed by atoms with E-state index >= 15 is 0 Å². The van der Waals surface area contributed by atoms with E-state index in [9.17, 15) is 5.11 Å². The molecule has 0 radical (unpaired) electrons. The van der Waals surface area contributed by atoms with E-state index < -0.39 is 0 Å². The van der Waals surface area contributed by atoms with Crippen molar-refractivity contribution in [3.8, 4) is 0 Å². The molecule has 0 aromatic carbocycles. The Morgan fingerprint density at radius 2 is 1.76 bits per heavy atom. The van der Waals surface area contributed by atoms with E-state index in [4.69, 9.17) is 4.74 Å². The quantitative estimate of drug-likeness (QED) is 0.737. The number of ether oxygens (including phenoxy) is 1. The van der Waals surface area contributed by atoms with Gasteiger partial charge >= 0.3 is 0 Å². The van der Waals surface area contributed by atoms with E-state index in [-0.39, 0.29) is 12.2 Å². The highest BCUT2D eigenvalue weighted by molar-refractivity contribution is 5.09. The Hall–Kier alpha value is -0.0800. The SMILES string of the molecule is CCCO[C@H]1C[C@@]2(C)[C@@H](CC[C@@H]3[C@@H]2CC[C@]2(C)[C@@H](C)CC[C@@H]32)C[C@@H]1O. The van der Waals surface area contributed by atoms with Gasteiger partial charge in [-0.1, -0.05) is 27.7 Å². The Bertz CT molecular complexity index is 490. The van der Waals surface area contributed by atoms with Gasteiger partial charge in [0.05, 0.1) is 12.2 Å². The van der Waals surface area contributed by atoms with Gasteiger partial charge in [0.25, 0.3) is 0 Å². The van der Waals surface area contributed by atoms with Gasteiger partial charge in [0.1, 0.15) is 0 Å². The maximum Gasteiger partial charge on any atom is 0.0839 e. The molecule has 4 aliphatic carbocycles. The van der Waals surface area contributed by atoms with Gasteiger partial charge in [0.15, 0.2) is 0 Å². The third-order valence-electron chi connectivity index (χ3n) is 9.67. The second-order valence-electron chi connectivity index (χ2n) is 10.6. The molecule has 0 amide bonds. The number of hydrogen-bond acceptors (Lipinski definition) is 2. The maximum atomic E-state index is 10.6. The molecule has 2 heteroatoms. The molecule has 4 saturated carbocycles. The van der Waals surface area contributed by atoms with Crippen molar-refractivity contribution in [2.45, 2.75) is 97.7 Å². The van der Waals surface area contributed by atoms with E-state index in [1.54, 1.807) is 0 Å².